The maximum atomic E-state index is 12.1. The van der Waals surface area contributed by atoms with Gasteiger partial charge in [-0.2, -0.15) is 0 Å². The van der Waals surface area contributed by atoms with Crippen molar-refractivity contribution < 1.29 is 4.79 Å². The molecule has 1 aromatic heterocycles. The molecule has 1 amide bonds. The summed E-state index contributed by atoms with van der Waals surface area (Å²) in [4.78, 5) is 15.5. The van der Waals surface area contributed by atoms with Crippen LogP contribution in [0.5, 0.6) is 0 Å². The van der Waals surface area contributed by atoms with Gasteiger partial charge in [0.25, 0.3) is 0 Å². The summed E-state index contributed by atoms with van der Waals surface area (Å²) in [5, 5.41) is 5.10. The van der Waals surface area contributed by atoms with Gasteiger partial charge in [-0.15, -0.1) is 11.3 Å². The molecule has 19 heavy (non-hydrogen) atoms. The molecule has 5 heteroatoms. The van der Waals surface area contributed by atoms with Crippen LogP contribution >= 0.6 is 11.3 Å². The monoisotopic (exact) mass is 283 g/mol. The number of nitrogens with zero attached hydrogens (tertiary/aromatic N) is 1. The Morgan fingerprint density at radius 2 is 2.26 bits per heavy atom. The number of hydrogen-bond acceptors (Lipinski definition) is 4. The molecule has 1 rings (SSSR count). The third-order valence-electron chi connectivity index (χ3n) is 3.26. The van der Waals surface area contributed by atoms with Crippen molar-refractivity contribution in [3.63, 3.8) is 0 Å². The predicted molar refractivity (Wildman–Crippen MR) is 81.2 cm³/mol. The smallest absolute Gasteiger partial charge is 0.224 e. The van der Waals surface area contributed by atoms with Crippen LogP contribution in [0.2, 0.25) is 0 Å². The summed E-state index contributed by atoms with van der Waals surface area (Å²) in [5.41, 5.74) is 5.65. The van der Waals surface area contributed by atoms with Gasteiger partial charge in [0.1, 0.15) is 0 Å². The van der Waals surface area contributed by atoms with Crippen molar-refractivity contribution in [3.05, 3.63) is 22.4 Å². The van der Waals surface area contributed by atoms with Gasteiger partial charge in [0.2, 0.25) is 5.91 Å². The van der Waals surface area contributed by atoms with Crippen molar-refractivity contribution in [2.75, 3.05) is 27.2 Å². The van der Waals surface area contributed by atoms with E-state index in [4.69, 9.17) is 5.73 Å². The van der Waals surface area contributed by atoms with E-state index in [9.17, 15) is 4.79 Å². The van der Waals surface area contributed by atoms with Crippen molar-refractivity contribution in [3.8, 4) is 0 Å². The molecule has 108 valence electrons. The second-order valence-electron chi connectivity index (χ2n) is 4.96. The molecule has 0 radical (unpaired) electrons. The number of nitrogens with one attached hydrogen (secondary N) is 1. The van der Waals surface area contributed by atoms with Crippen molar-refractivity contribution in [2.24, 2.45) is 11.7 Å². The number of carbonyl (C=O) groups is 1. The van der Waals surface area contributed by atoms with Gasteiger partial charge in [-0.1, -0.05) is 19.4 Å². The molecule has 4 nitrogen and oxygen atoms in total. The molecule has 2 unspecified atom stereocenters. The van der Waals surface area contributed by atoms with Gasteiger partial charge >= 0.3 is 0 Å². The summed E-state index contributed by atoms with van der Waals surface area (Å²) in [5.74, 6) is 0.0175. The molecule has 0 aliphatic carbocycles. The largest absolute Gasteiger partial charge is 0.354 e. The minimum Gasteiger partial charge on any atom is -0.354 e. The van der Waals surface area contributed by atoms with E-state index in [0.29, 0.717) is 13.1 Å². The number of carbonyl (C=O) groups excluding carboxylic acids is 1. The highest BCUT2D eigenvalue weighted by Crippen LogP contribution is 2.22. The van der Waals surface area contributed by atoms with E-state index < -0.39 is 0 Å². The lowest BCUT2D eigenvalue weighted by Gasteiger charge is -2.24. The van der Waals surface area contributed by atoms with E-state index >= 15 is 0 Å². The number of thiophene rings is 1. The highest BCUT2D eigenvalue weighted by Gasteiger charge is 2.19. The first-order valence-corrected chi connectivity index (χ1v) is 7.65. The molecule has 0 saturated heterocycles. The summed E-state index contributed by atoms with van der Waals surface area (Å²) in [7, 11) is 4.06. The molecular formula is C14H25N3OS. The number of likely N-dealkylation sites (N-methyl/N-ethyl adjacent to an activating group) is 1. The zero-order valence-electron chi connectivity index (χ0n) is 12.1. The van der Waals surface area contributed by atoms with E-state index in [2.05, 4.69) is 28.6 Å². The molecule has 3 N–H and O–H groups in total. The Labute approximate surface area is 120 Å². The molecule has 1 aromatic rings. The maximum absolute atomic E-state index is 12.1. The van der Waals surface area contributed by atoms with E-state index in [-0.39, 0.29) is 17.9 Å². The fourth-order valence-electron chi connectivity index (χ4n) is 2.06. The van der Waals surface area contributed by atoms with Crippen LogP contribution in [0.15, 0.2) is 17.5 Å². The van der Waals surface area contributed by atoms with E-state index in [1.54, 1.807) is 11.3 Å². The fraction of sp³-hybridized carbons (Fsp3) is 0.643. The average molecular weight is 283 g/mol. The molecule has 0 aliphatic heterocycles. The minimum absolute atomic E-state index is 0.0591. The summed E-state index contributed by atoms with van der Waals surface area (Å²) in [6.45, 7) is 3.13. The predicted octanol–water partition coefficient (Wildman–Crippen LogP) is 1.84. The SMILES string of the molecule is CCCC(CN)C(=O)NCC(c1cccs1)N(C)C. The summed E-state index contributed by atoms with van der Waals surface area (Å²) >= 11 is 1.72. The molecule has 2 atom stereocenters. The van der Waals surface area contributed by atoms with Gasteiger partial charge < -0.3 is 16.0 Å². The quantitative estimate of drug-likeness (QED) is 0.765. The molecule has 0 bridgehead atoms. The van der Waals surface area contributed by atoms with Gasteiger partial charge in [0.05, 0.1) is 12.0 Å². The number of nitrogens with two attached hydrogens (primary N) is 1. The van der Waals surface area contributed by atoms with Gasteiger partial charge in [-0.3, -0.25) is 4.79 Å². The Bertz CT molecular complexity index is 365. The van der Waals surface area contributed by atoms with E-state index in [1.807, 2.05) is 20.2 Å². The standard InChI is InChI=1S/C14H25N3OS/c1-4-6-11(9-15)14(18)16-10-12(17(2)3)13-7-5-8-19-13/h5,7-8,11-12H,4,6,9-10,15H2,1-3H3,(H,16,18). The lowest BCUT2D eigenvalue weighted by molar-refractivity contribution is -0.125. The topological polar surface area (TPSA) is 58.4 Å². The van der Waals surface area contributed by atoms with E-state index in [0.717, 1.165) is 12.8 Å². The van der Waals surface area contributed by atoms with Crippen LogP contribution in [0.3, 0.4) is 0 Å². The van der Waals surface area contributed by atoms with Crippen LogP contribution in [0.25, 0.3) is 0 Å². The van der Waals surface area contributed by atoms with Gasteiger partial charge in [-0.25, -0.2) is 0 Å². The lowest BCUT2D eigenvalue weighted by atomic mass is 10.0. The van der Waals surface area contributed by atoms with Crippen molar-refractivity contribution in [1.29, 1.82) is 0 Å². The zero-order chi connectivity index (χ0) is 14.3. The second kappa shape index (κ2) is 8.30. The molecule has 0 aromatic carbocycles. The normalized spacial score (nSPS) is 14.4. The van der Waals surface area contributed by atoms with Crippen LogP contribution < -0.4 is 11.1 Å². The van der Waals surface area contributed by atoms with Crippen molar-refractivity contribution >= 4 is 17.2 Å². The van der Waals surface area contributed by atoms with Crippen LogP contribution in [-0.4, -0.2) is 38.0 Å². The number of amides is 1. The maximum Gasteiger partial charge on any atom is 0.224 e. The Balaban J connectivity index is 2.55. The molecule has 0 aliphatic rings. The first kappa shape index (κ1) is 16.1. The zero-order valence-corrected chi connectivity index (χ0v) is 12.9. The Hall–Kier alpha value is -0.910. The van der Waals surface area contributed by atoms with Crippen LogP contribution in [0.4, 0.5) is 0 Å². The van der Waals surface area contributed by atoms with Crippen molar-refractivity contribution in [1.82, 2.24) is 10.2 Å². The van der Waals surface area contributed by atoms with Gasteiger partial charge in [0.15, 0.2) is 0 Å². The molecular weight excluding hydrogens is 258 g/mol. The van der Waals surface area contributed by atoms with Crippen LogP contribution in [-0.2, 0) is 4.79 Å². The molecule has 0 spiro atoms. The number of hydrogen-bond donors (Lipinski definition) is 2. The number of rotatable bonds is 8. The summed E-state index contributed by atoms with van der Waals surface area (Å²) in [6.07, 6.45) is 1.84. The second-order valence-corrected chi connectivity index (χ2v) is 5.94. The molecule has 0 saturated carbocycles. The Morgan fingerprint density at radius 1 is 1.53 bits per heavy atom. The summed E-state index contributed by atoms with van der Waals surface area (Å²) in [6, 6.07) is 4.37. The lowest BCUT2D eigenvalue weighted by Crippen LogP contribution is -2.39. The minimum atomic E-state index is -0.0591. The van der Waals surface area contributed by atoms with E-state index in [1.165, 1.54) is 4.88 Å². The van der Waals surface area contributed by atoms with Crippen LogP contribution in [0.1, 0.15) is 30.7 Å². The Kier molecular flexibility index (Phi) is 7.05. The van der Waals surface area contributed by atoms with Crippen LogP contribution in [0, 0.1) is 5.92 Å². The fourth-order valence-corrected chi connectivity index (χ4v) is 2.99. The van der Waals surface area contributed by atoms with Gasteiger partial charge in [0, 0.05) is 18.0 Å². The molecule has 0 fully saturated rings. The third kappa shape index (κ3) is 4.93. The first-order chi connectivity index (χ1) is 9.10. The average Bonchev–Trinajstić information content (AvgIpc) is 2.89. The van der Waals surface area contributed by atoms with Crippen molar-refractivity contribution in [2.45, 2.75) is 25.8 Å². The molecule has 1 heterocycles. The summed E-state index contributed by atoms with van der Waals surface area (Å²) < 4.78 is 0. The Morgan fingerprint density at radius 3 is 2.74 bits per heavy atom. The highest BCUT2D eigenvalue weighted by molar-refractivity contribution is 7.10. The third-order valence-corrected chi connectivity index (χ3v) is 4.23. The highest BCUT2D eigenvalue weighted by atomic mass is 32.1. The first-order valence-electron chi connectivity index (χ1n) is 6.77. The van der Waals surface area contributed by atoms with Gasteiger partial charge in [-0.05, 0) is 32.0 Å².